The summed E-state index contributed by atoms with van der Waals surface area (Å²) in [7, 11) is 0. The maximum atomic E-state index is 6.03. The Balaban J connectivity index is 2.68. The highest BCUT2D eigenvalue weighted by molar-refractivity contribution is 5.82. The van der Waals surface area contributed by atoms with E-state index >= 15 is 0 Å². The minimum Gasteiger partial charge on any atom is -0.399 e. The molecule has 4 N–H and O–H groups in total. The van der Waals surface area contributed by atoms with E-state index in [2.05, 4.69) is 19.9 Å². The van der Waals surface area contributed by atoms with Gasteiger partial charge < -0.3 is 11.5 Å². The number of anilines is 2. The lowest BCUT2D eigenvalue weighted by Crippen LogP contribution is -1.95. The van der Waals surface area contributed by atoms with E-state index in [0.29, 0.717) is 0 Å². The van der Waals surface area contributed by atoms with Crippen molar-refractivity contribution in [2.24, 2.45) is 0 Å². The number of rotatable bonds is 1. The molecule has 0 aliphatic heterocycles. The zero-order valence-electron chi connectivity index (χ0n) is 9.62. The molecule has 2 nitrogen and oxygen atoms in total. The summed E-state index contributed by atoms with van der Waals surface area (Å²) in [6.07, 6.45) is 0. The van der Waals surface area contributed by atoms with Crippen LogP contribution >= 0.6 is 0 Å². The zero-order valence-corrected chi connectivity index (χ0v) is 9.62. The van der Waals surface area contributed by atoms with E-state index in [1.54, 1.807) is 0 Å². The van der Waals surface area contributed by atoms with Crippen LogP contribution in [0.25, 0.3) is 11.1 Å². The van der Waals surface area contributed by atoms with Gasteiger partial charge in [-0.25, -0.2) is 0 Å². The Morgan fingerprint density at radius 1 is 0.875 bits per heavy atom. The number of benzene rings is 2. The number of nitrogens with two attached hydrogens (primary N) is 2. The van der Waals surface area contributed by atoms with Crippen LogP contribution in [-0.4, -0.2) is 0 Å². The van der Waals surface area contributed by atoms with E-state index in [1.165, 1.54) is 5.56 Å². The number of aryl methyl sites for hydroxylation is 2. The summed E-state index contributed by atoms with van der Waals surface area (Å²) < 4.78 is 0. The van der Waals surface area contributed by atoms with E-state index in [0.717, 1.165) is 28.1 Å². The fraction of sp³-hybridized carbons (Fsp3) is 0.143. The van der Waals surface area contributed by atoms with Gasteiger partial charge in [0.15, 0.2) is 0 Å². The first kappa shape index (κ1) is 10.6. The molecule has 0 saturated heterocycles. The number of nitrogen functional groups attached to an aromatic ring is 2. The molecule has 0 amide bonds. The van der Waals surface area contributed by atoms with Gasteiger partial charge in [0, 0.05) is 16.9 Å². The summed E-state index contributed by atoms with van der Waals surface area (Å²) in [6, 6.07) is 11.9. The lowest BCUT2D eigenvalue weighted by molar-refractivity contribution is 1.41. The van der Waals surface area contributed by atoms with Crippen molar-refractivity contribution < 1.29 is 0 Å². The maximum Gasteiger partial charge on any atom is 0.0396 e. The summed E-state index contributed by atoms with van der Waals surface area (Å²) in [6.45, 7) is 4.12. The minimum absolute atomic E-state index is 0.786. The molecule has 0 radical (unpaired) electrons. The van der Waals surface area contributed by atoms with Crippen molar-refractivity contribution >= 4 is 11.4 Å². The third kappa shape index (κ3) is 1.74. The van der Waals surface area contributed by atoms with E-state index in [1.807, 2.05) is 30.3 Å². The summed E-state index contributed by atoms with van der Waals surface area (Å²) in [5, 5.41) is 0. The van der Waals surface area contributed by atoms with Gasteiger partial charge in [-0.2, -0.15) is 0 Å². The molecule has 0 saturated carbocycles. The van der Waals surface area contributed by atoms with Crippen LogP contribution in [0.15, 0.2) is 36.4 Å². The highest BCUT2D eigenvalue weighted by Gasteiger charge is 2.08. The van der Waals surface area contributed by atoms with Gasteiger partial charge in [-0.1, -0.05) is 18.2 Å². The summed E-state index contributed by atoms with van der Waals surface area (Å²) in [5.41, 5.74) is 18.0. The Morgan fingerprint density at radius 2 is 1.62 bits per heavy atom. The highest BCUT2D eigenvalue weighted by Crippen LogP contribution is 2.32. The molecule has 0 bridgehead atoms. The molecular formula is C14H16N2. The zero-order chi connectivity index (χ0) is 11.7. The molecule has 2 rings (SSSR count). The molecule has 0 unspecified atom stereocenters. The Labute approximate surface area is 95.9 Å². The van der Waals surface area contributed by atoms with Crippen molar-refractivity contribution in [3.8, 4) is 11.1 Å². The molecule has 82 valence electrons. The summed E-state index contributed by atoms with van der Waals surface area (Å²) in [5.74, 6) is 0. The van der Waals surface area contributed by atoms with Gasteiger partial charge in [-0.05, 0) is 48.7 Å². The molecule has 2 aromatic carbocycles. The van der Waals surface area contributed by atoms with Crippen molar-refractivity contribution in [3.63, 3.8) is 0 Å². The van der Waals surface area contributed by atoms with Crippen LogP contribution in [0.3, 0.4) is 0 Å². The van der Waals surface area contributed by atoms with Gasteiger partial charge in [0.25, 0.3) is 0 Å². The van der Waals surface area contributed by atoms with Crippen LogP contribution in [0.1, 0.15) is 11.1 Å². The van der Waals surface area contributed by atoms with E-state index in [9.17, 15) is 0 Å². The first-order valence-electron chi connectivity index (χ1n) is 5.31. The van der Waals surface area contributed by atoms with Gasteiger partial charge >= 0.3 is 0 Å². The van der Waals surface area contributed by atoms with Gasteiger partial charge in [0.05, 0.1) is 0 Å². The third-order valence-corrected chi connectivity index (χ3v) is 2.82. The molecule has 2 aromatic rings. The second-order valence-electron chi connectivity index (χ2n) is 4.11. The monoisotopic (exact) mass is 212 g/mol. The Morgan fingerprint density at radius 3 is 2.25 bits per heavy atom. The molecule has 0 atom stereocenters. The van der Waals surface area contributed by atoms with Crippen LogP contribution in [0, 0.1) is 13.8 Å². The van der Waals surface area contributed by atoms with E-state index < -0.39 is 0 Å². The molecule has 0 aromatic heterocycles. The van der Waals surface area contributed by atoms with E-state index in [-0.39, 0.29) is 0 Å². The predicted octanol–water partition coefficient (Wildman–Crippen LogP) is 3.13. The quantitative estimate of drug-likeness (QED) is 0.713. The van der Waals surface area contributed by atoms with Crippen molar-refractivity contribution in [3.05, 3.63) is 47.5 Å². The van der Waals surface area contributed by atoms with Crippen LogP contribution in [0.4, 0.5) is 11.4 Å². The Kier molecular flexibility index (Phi) is 2.57. The Bertz CT molecular complexity index is 510. The van der Waals surface area contributed by atoms with Gasteiger partial charge in [-0.3, -0.25) is 0 Å². The second kappa shape index (κ2) is 3.89. The fourth-order valence-corrected chi connectivity index (χ4v) is 2.03. The average Bonchev–Trinajstić information content (AvgIpc) is 2.20. The number of hydrogen-bond donors (Lipinski definition) is 2. The topological polar surface area (TPSA) is 52.0 Å². The van der Waals surface area contributed by atoms with Crippen molar-refractivity contribution in [1.29, 1.82) is 0 Å². The standard InChI is InChI=1S/C14H16N2/c1-9-4-3-5-13(16)14(9)12-7-6-11(15)8-10(12)2/h3-8H,15-16H2,1-2H3. The highest BCUT2D eigenvalue weighted by atomic mass is 14.6. The lowest BCUT2D eigenvalue weighted by Gasteiger charge is -2.12. The van der Waals surface area contributed by atoms with Crippen LogP contribution in [0.2, 0.25) is 0 Å². The van der Waals surface area contributed by atoms with Gasteiger partial charge in [0.2, 0.25) is 0 Å². The van der Waals surface area contributed by atoms with Crippen LogP contribution in [-0.2, 0) is 0 Å². The molecule has 0 fully saturated rings. The van der Waals surface area contributed by atoms with Crippen molar-refractivity contribution in [1.82, 2.24) is 0 Å². The van der Waals surface area contributed by atoms with Crippen LogP contribution < -0.4 is 11.5 Å². The smallest absolute Gasteiger partial charge is 0.0396 e. The Hall–Kier alpha value is -1.96. The van der Waals surface area contributed by atoms with Gasteiger partial charge in [0.1, 0.15) is 0 Å². The lowest BCUT2D eigenvalue weighted by atomic mass is 9.95. The van der Waals surface area contributed by atoms with Gasteiger partial charge in [-0.15, -0.1) is 0 Å². The first-order chi connectivity index (χ1) is 7.59. The molecule has 0 aliphatic carbocycles. The van der Waals surface area contributed by atoms with Crippen LogP contribution in [0.5, 0.6) is 0 Å². The SMILES string of the molecule is Cc1cc(N)ccc1-c1c(C)cccc1N. The second-order valence-corrected chi connectivity index (χ2v) is 4.11. The predicted molar refractivity (Wildman–Crippen MR) is 70.2 cm³/mol. The maximum absolute atomic E-state index is 6.03. The molecule has 2 heteroatoms. The van der Waals surface area contributed by atoms with Crippen molar-refractivity contribution in [2.75, 3.05) is 11.5 Å². The minimum atomic E-state index is 0.786. The van der Waals surface area contributed by atoms with Crippen molar-refractivity contribution in [2.45, 2.75) is 13.8 Å². The molecule has 16 heavy (non-hydrogen) atoms. The first-order valence-corrected chi connectivity index (χ1v) is 5.31. The molecule has 0 spiro atoms. The normalized spacial score (nSPS) is 10.4. The molecule has 0 heterocycles. The largest absolute Gasteiger partial charge is 0.399 e. The summed E-state index contributed by atoms with van der Waals surface area (Å²) >= 11 is 0. The fourth-order valence-electron chi connectivity index (χ4n) is 2.03. The molecular weight excluding hydrogens is 196 g/mol. The van der Waals surface area contributed by atoms with E-state index in [4.69, 9.17) is 11.5 Å². The average molecular weight is 212 g/mol. The third-order valence-electron chi connectivity index (χ3n) is 2.82. The molecule has 0 aliphatic rings. The number of hydrogen-bond acceptors (Lipinski definition) is 2. The summed E-state index contributed by atoms with van der Waals surface area (Å²) in [4.78, 5) is 0.